The van der Waals surface area contributed by atoms with Crippen LogP contribution in [0.25, 0.3) is 0 Å². The van der Waals surface area contributed by atoms with Crippen molar-refractivity contribution in [3.63, 3.8) is 0 Å². The molecular formula is C7H8O3. The SMILES string of the molecule is CCc1coc(C(=O)O)c1. The van der Waals surface area contributed by atoms with Gasteiger partial charge in [0.1, 0.15) is 0 Å². The maximum absolute atomic E-state index is 10.2. The topological polar surface area (TPSA) is 50.4 Å². The number of hydrogen-bond acceptors (Lipinski definition) is 2. The largest absolute Gasteiger partial charge is 0.475 e. The summed E-state index contributed by atoms with van der Waals surface area (Å²) in [6.07, 6.45) is 2.26. The van der Waals surface area contributed by atoms with Crippen molar-refractivity contribution in [1.29, 1.82) is 0 Å². The molecule has 0 amide bonds. The Morgan fingerprint density at radius 2 is 2.50 bits per heavy atom. The number of furan rings is 1. The third-order valence-electron chi connectivity index (χ3n) is 1.27. The van der Waals surface area contributed by atoms with Crippen molar-refractivity contribution < 1.29 is 14.3 Å². The summed E-state index contributed by atoms with van der Waals surface area (Å²) in [6, 6.07) is 1.53. The Kier molecular flexibility index (Phi) is 1.76. The van der Waals surface area contributed by atoms with Gasteiger partial charge in [-0.1, -0.05) is 6.92 Å². The third-order valence-corrected chi connectivity index (χ3v) is 1.27. The summed E-state index contributed by atoms with van der Waals surface area (Å²) < 4.78 is 4.72. The van der Waals surface area contributed by atoms with Gasteiger partial charge < -0.3 is 9.52 Å². The van der Waals surface area contributed by atoms with Crippen LogP contribution in [0.15, 0.2) is 16.7 Å². The molecule has 1 aromatic heterocycles. The van der Waals surface area contributed by atoms with Gasteiger partial charge >= 0.3 is 5.97 Å². The summed E-state index contributed by atoms with van der Waals surface area (Å²) in [4.78, 5) is 10.2. The van der Waals surface area contributed by atoms with Gasteiger partial charge in [0, 0.05) is 0 Å². The Balaban J connectivity index is 2.88. The second-order valence-corrected chi connectivity index (χ2v) is 1.98. The van der Waals surface area contributed by atoms with Crippen LogP contribution in [0.1, 0.15) is 23.0 Å². The molecule has 3 heteroatoms. The van der Waals surface area contributed by atoms with E-state index in [4.69, 9.17) is 9.52 Å². The lowest BCUT2D eigenvalue weighted by molar-refractivity contribution is 0.0662. The maximum Gasteiger partial charge on any atom is 0.371 e. The molecule has 1 aromatic rings. The molecule has 0 fully saturated rings. The van der Waals surface area contributed by atoms with Crippen molar-refractivity contribution in [2.45, 2.75) is 13.3 Å². The highest BCUT2D eigenvalue weighted by molar-refractivity contribution is 5.84. The number of carboxylic acid groups (broad SMARTS) is 1. The molecule has 54 valence electrons. The zero-order chi connectivity index (χ0) is 7.56. The Morgan fingerprint density at radius 1 is 1.80 bits per heavy atom. The normalized spacial score (nSPS) is 9.70. The van der Waals surface area contributed by atoms with E-state index in [-0.39, 0.29) is 5.76 Å². The van der Waals surface area contributed by atoms with Crippen LogP contribution in [-0.2, 0) is 6.42 Å². The van der Waals surface area contributed by atoms with E-state index in [1.54, 1.807) is 0 Å². The third kappa shape index (κ3) is 1.18. The fourth-order valence-corrected chi connectivity index (χ4v) is 0.673. The van der Waals surface area contributed by atoms with Crippen LogP contribution >= 0.6 is 0 Å². The monoisotopic (exact) mass is 140 g/mol. The van der Waals surface area contributed by atoms with E-state index in [0.717, 1.165) is 12.0 Å². The first-order chi connectivity index (χ1) is 4.74. The molecule has 0 atom stereocenters. The van der Waals surface area contributed by atoms with E-state index in [2.05, 4.69) is 0 Å². The molecule has 0 spiro atoms. The summed E-state index contributed by atoms with van der Waals surface area (Å²) in [6.45, 7) is 1.94. The van der Waals surface area contributed by atoms with Crippen LogP contribution in [-0.4, -0.2) is 11.1 Å². The van der Waals surface area contributed by atoms with Gasteiger partial charge in [-0.2, -0.15) is 0 Å². The molecule has 0 aliphatic rings. The lowest BCUT2D eigenvalue weighted by Crippen LogP contribution is -1.91. The van der Waals surface area contributed by atoms with Gasteiger partial charge in [0.15, 0.2) is 0 Å². The minimum atomic E-state index is -1.01. The van der Waals surface area contributed by atoms with Gasteiger partial charge in [0.05, 0.1) is 6.26 Å². The zero-order valence-electron chi connectivity index (χ0n) is 5.63. The molecule has 1 N–H and O–H groups in total. The zero-order valence-corrected chi connectivity index (χ0v) is 5.63. The van der Waals surface area contributed by atoms with Gasteiger partial charge in [0.25, 0.3) is 0 Å². The molecule has 1 heterocycles. The number of aromatic carboxylic acids is 1. The smallest absolute Gasteiger partial charge is 0.371 e. The summed E-state index contributed by atoms with van der Waals surface area (Å²) in [5, 5.41) is 8.40. The van der Waals surface area contributed by atoms with Crippen molar-refractivity contribution in [3.8, 4) is 0 Å². The number of aryl methyl sites for hydroxylation is 1. The van der Waals surface area contributed by atoms with Crippen LogP contribution < -0.4 is 0 Å². The van der Waals surface area contributed by atoms with Crippen molar-refractivity contribution in [3.05, 3.63) is 23.7 Å². The lowest BCUT2D eigenvalue weighted by Gasteiger charge is -1.80. The van der Waals surface area contributed by atoms with E-state index in [9.17, 15) is 4.79 Å². The Hall–Kier alpha value is -1.25. The average Bonchev–Trinajstić information content (AvgIpc) is 2.34. The summed E-state index contributed by atoms with van der Waals surface area (Å²) >= 11 is 0. The van der Waals surface area contributed by atoms with Crippen LogP contribution in [0.3, 0.4) is 0 Å². The van der Waals surface area contributed by atoms with E-state index in [0.29, 0.717) is 0 Å². The molecular weight excluding hydrogens is 132 g/mol. The van der Waals surface area contributed by atoms with E-state index >= 15 is 0 Å². The van der Waals surface area contributed by atoms with Gasteiger partial charge in [-0.3, -0.25) is 0 Å². The van der Waals surface area contributed by atoms with Crippen molar-refractivity contribution in [1.82, 2.24) is 0 Å². The predicted octanol–water partition coefficient (Wildman–Crippen LogP) is 1.54. The fraction of sp³-hybridized carbons (Fsp3) is 0.286. The van der Waals surface area contributed by atoms with E-state index in [1.807, 2.05) is 6.92 Å². The van der Waals surface area contributed by atoms with Crippen LogP contribution in [0.5, 0.6) is 0 Å². The highest BCUT2D eigenvalue weighted by atomic mass is 16.4. The van der Waals surface area contributed by atoms with Crippen LogP contribution in [0, 0.1) is 0 Å². The van der Waals surface area contributed by atoms with Crippen LogP contribution in [0.4, 0.5) is 0 Å². The molecule has 0 aliphatic heterocycles. The van der Waals surface area contributed by atoms with Gasteiger partial charge in [-0.05, 0) is 18.1 Å². The first kappa shape index (κ1) is 6.86. The second-order valence-electron chi connectivity index (χ2n) is 1.98. The molecule has 0 bridgehead atoms. The summed E-state index contributed by atoms with van der Waals surface area (Å²) in [5.41, 5.74) is 0.914. The highest BCUT2D eigenvalue weighted by Gasteiger charge is 2.06. The van der Waals surface area contributed by atoms with Crippen molar-refractivity contribution >= 4 is 5.97 Å². The molecule has 0 aromatic carbocycles. The van der Waals surface area contributed by atoms with Gasteiger partial charge in [0.2, 0.25) is 5.76 Å². The maximum atomic E-state index is 10.2. The fourth-order valence-electron chi connectivity index (χ4n) is 0.673. The number of carbonyl (C=O) groups is 1. The molecule has 0 saturated carbocycles. The molecule has 1 rings (SSSR count). The number of hydrogen-bond donors (Lipinski definition) is 1. The Morgan fingerprint density at radius 3 is 2.80 bits per heavy atom. The first-order valence-electron chi connectivity index (χ1n) is 3.04. The van der Waals surface area contributed by atoms with Gasteiger partial charge in [-0.15, -0.1) is 0 Å². The molecule has 10 heavy (non-hydrogen) atoms. The molecule has 0 saturated heterocycles. The first-order valence-corrected chi connectivity index (χ1v) is 3.04. The lowest BCUT2D eigenvalue weighted by atomic mass is 10.2. The molecule has 0 aliphatic carbocycles. The summed E-state index contributed by atoms with van der Waals surface area (Å²) in [5.74, 6) is -1.00. The van der Waals surface area contributed by atoms with E-state index in [1.165, 1.54) is 12.3 Å². The van der Waals surface area contributed by atoms with E-state index < -0.39 is 5.97 Å². The predicted molar refractivity (Wildman–Crippen MR) is 35.0 cm³/mol. The highest BCUT2D eigenvalue weighted by Crippen LogP contribution is 2.07. The van der Waals surface area contributed by atoms with Crippen molar-refractivity contribution in [2.75, 3.05) is 0 Å². The standard InChI is InChI=1S/C7H8O3/c1-2-5-3-6(7(8)9)10-4-5/h3-4H,2H2,1H3,(H,8,9). The Labute approximate surface area is 58.3 Å². The Bertz CT molecular complexity index is 237. The number of rotatable bonds is 2. The van der Waals surface area contributed by atoms with Crippen LogP contribution in [0.2, 0.25) is 0 Å². The minimum absolute atomic E-state index is 0.0110. The van der Waals surface area contributed by atoms with Gasteiger partial charge in [-0.25, -0.2) is 4.79 Å². The quantitative estimate of drug-likeness (QED) is 0.677. The molecule has 3 nitrogen and oxygen atoms in total. The average molecular weight is 140 g/mol. The second kappa shape index (κ2) is 2.56. The minimum Gasteiger partial charge on any atom is -0.475 e. The molecule has 0 unspecified atom stereocenters. The molecule has 0 radical (unpaired) electrons. The number of carboxylic acids is 1. The van der Waals surface area contributed by atoms with Crippen molar-refractivity contribution in [2.24, 2.45) is 0 Å². The summed E-state index contributed by atoms with van der Waals surface area (Å²) in [7, 11) is 0.